The van der Waals surface area contributed by atoms with E-state index in [0.717, 1.165) is 25.9 Å². The molecule has 2 unspecified atom stereocenters. The Kier molecular flexibility index (Phi) is 2.17. The zero-order valence-corrected chi connectivity index (χ0v) is 10.7. The van der Waals surface area contributed by atoms with Crippen LogP contribution in [0.15, 0.2) is 0 Å². The van der Waals surface area contributed by atoms with Crippen LogP contribution in [0, 0.1) is 17.3 Å². The summed E-state index contributed by atoms with van der Waals surface area (Å²) in [5.41, 5.74) is 0.0485. The van der Waals surface area contributed by atoms with Crippen LogP contribution in [0.4, 0.5) is 0 Å². The van der Waals surface area contributed by atoms with Gasteiger partial charge in [0.2, 0.25) is 11.8 Å². The highest BCUT2D eigenvalue weighted by molar-refractivity contribution is 5.99. The van der Waals surface area contributed by atoms with E-state index in [1.165, 1.54) is 12.8 Å². The van der Waals surface area contributed by atoms with Crippen molar-refractivity contribution in [3.63, 3.8) is 0 Å². The van der Waals surface area contributed by atoms with E-state index in [-0.39, 0.29) is 23.3 Å². The molecule has 2 aliphatic heterocycles. The van der Waals surface area contributed by atoms with E-state index in [1.54, 1.807) is 4.90 Å². The number of carbonyl (C=O) groups is 2. The SMILES string of the molecule is O=C1CC2(CCCC2)CC(=O)N1C1C2CNCC21. The number of nitrogens with one attached hydrogen (secondary N) is 1. The molecule has 0 bridgehead atoms. The second-order valence-electron chi connectivity index (χ2n) is 6.69. The molecule has 2 saturated carbocycles. The monoisotopic (exact) mass is 248 g/mol. The smallest absolute Gasteiger partial charge is 0.230 e. The van der Waals surface area contributed by atoms with Crippen LogP contribution in [0.3, 0.4) is 0 Å². The van der Waals surface area contributed by atoms with Crippen LogP contribution in [0.1, 0.15) is 38.5 Å². The summed E-state index contributed by atoms with van der Waals surface area (Å²) in [5, 5.41) is 3.32. The fraction of sp³-hybridized carbons (Fsp3) is 0.857. The summed E-state index contributed by atoms with van der Waals surface area (Å²) in [6.07, 6.45) is 5.80. The normalized spacial score (nSPS) is 41.6. The quantitative estimate of drug-likeness (QED) is 0.702. The predicted octanol–water partition coefficient (Wildman–Crippen LogP) is 0.914. The van der Waals surface area contributed by atoms with E-state index in [0.29, 0.717) is 24.7 Å². The highest BCUT2D eigenvalue weighted by Gasteiger charge is 2.60. The van der Waals surface area contributed by atoms with Gasteiger partial charge in [-0.3, -0.25) is 14.5 Å². The summed E-state index contributed by atoms with van der Waals surface area (Å²) in [5.74, 6) is 1.34. The number of amides is 2. The molecule has 4 rings (SSSR count). The van der Waals surface area contributed by atoms with E-state index >= 15 is 0 Å². The first-order valence-electron chi connectivity index (χ1n) is 7.26. The van der Waals surface area contributed by atoms with Crippen molar-refractivity contribution in [2.75, 3.05) is 13.1 Å². The highest BCUT2D eigenvalue weighted by atomic mass is 16.2. The molecule has 2 amide bonds. The van der Waals surface area contributed by atoms with Crippen LogP contribution in [0.2, 0.25) is 0 Å². The first-order chi connectivity index (χ1) is 8.70. The number of fused-ring (bicyclic) bond motifs is 1. The lowest BCUT2D eigenvalue weighted by molar-refractivity contribution is -0.154. The van der Waals surface area contributed by atoms with Gasteiger partial charge < -0.3 is 5.32 Å². The second kappa shape index (κ2) is 3.56. The Balaban J connectivity index is 1.53. The van der Waals surface area contributed by atoms with Gasteiger partial charge in [-0.2, -0.15) is 0 Å². The van der Waals surface area contributed by atoms with Crippen molar-refractivity contribution in [2.45, 2.75) is 44.6 Å². The maximum absolute atomic E-state index is 12.4. The van der Waals surface area contributed by atoms with Crippen LogP contribution in [-0.4, -0.2) is 35.8 Å². The maximum Gasteiger partial charge on any atom is 0.230 e. The minimum absolute atomic E-state index is 0.0485. The zero-order chi connectivity index (χ0) is 12.3. The van der Waals surface area contributed by atoms with Crippen molar-refractivity contribution >= 4 is 11.8 Å². The largest absolute Gasteiger partial charge is 0.316 e. The van der Waals surface area contributed by atoms with E-state index in [1.807, 2.05) is 0 Å². The topological polar surface area (TPSA) is 49.4 Å². The number of rotatable bonds is 1. The Labute approximate surface area is 107 Å². The third kappa shape index (κ3) is 1.41. The van der Waals surface area contributed by atoms with Crippen LogP contribution in [0.25, 0.3) is 0 Å². The average molecular weight is 248 g/mol. The Morgan fingerprint density at radius 2 is 1.56 bits per heavy atom. The molecular formula is C14H20N2O2. The molecule has 2 saturated heterocycles. The number of hydrogen-bond acceptors (Lipinski definition) is 3. The van der Waals surface area contributed by atoms with Crippen molar-refractivity contribution in [1.29, 1.82) is 0 Å². The van der Waals surface area contributed by atoms with Crippen LogP contribution in [0.5, 0.6) is 0 Å². The van der Waals surface area contributed by atoms with E-state index in [9.17, 15) is 9.59 Å². The Morgan fingerprint density at radius 1 is 1.00 bits per heavy atom. The van der Waals surface area contributed by atoms with Gasteiger partial charge in [0.05, 0.1) is 0 Å². The Bertz CT molecular complexity index is 384. The molecule has 1 N–H and O–H groups in total. The van der Waals surface area contributed by atoms with Crippen molar-refractivity contribution in [3.05, 3.63) is 0 Å². The third-order valence-electron chi connectivity index (χ3n) is 5.60. The van der Waals surface area contributed by atoms with Gasteiger partial charge in [-0.25, -0.2) is 0 Å². The molecule has 4 aliphatic rings. The van der Waals surface area contributed by atoms with E-state index in [2.05, 4.69) is 5.32 Å². The van der Waals surface area contributed by atoms with Crippen LogP contribution >= 0.6 is 0 Å². The molecule has 0 radical (unpaired) electrons. The van der Waals surface area contributed by atoms with Gasteiger partial charge in [0, 0.05) is 32.0 Å². The first kappa shape index (κ1) is 11.0. The average Bonchev–Trinajstić information content (AvgIpc) is 2.71. The highest BCUT2D eigenvalue weighted by Crippen LogP contribution is 2.52. The van der Waals surface area contributed by atoms with Crippen molar-refractivity contribution in [3.8, 4) is 0 Å². The van der Waals surface area contributed by atoms with E-state index in [4.69, 9.17) is 0 Å². The fourth-order valence-corrected chi connectivity index (χ4v) is 4.59. The van der Waals surface area contributed by atoms with Crippen molar-refractivity contribution in [1.82, 2.24) is 10.2 Å². The molecule has 0 aromatic heterocycles. The molecule has 4 heteroatoms. The summed E-state index contributed by atoms with van der Waals surface area (Å²) in [6, 6.07) is 0.241. The van der Waals surface area contributed by atoms with Crippen molar-refractivity contribution < 1.29 is 9.59 Å². The van der Waals surface area contributed by atoms with Gasteiger partial charge in [-0.15, -0.1) is 0 Å². The molecule has 1 spiro atoms. The molecule has 2 heterocycles. The molecule has 18 heavy (non-hydrogen) atoms. The summed E-state index contributed by atoms with van der Waals surface area (Å²) in [7, 11) is 0. The van der Waals surface area contributed by atoms with Crippen molar-refractivity contribution in [2.24, 2.45) is 17.3 Å². The second-order valence-corrected chi connectivity index (χ2v) is 6.69. The molecule has 4 nitrogen and oxygen atoms in total. The summed E-state index contributed by atoms with van der Waals surface area (Å²) in [6.45, 7) is 1.97. The zero-order valence-electron chi connectivity index (χ0n) is 10.7. The molecule has 2 aliphatic carbocycles. The maximum atomic E-state index is 12.4. The molecule has 4 fully saturated rings. The fourth-order valence-electron chi connectivity index (χ4n) is 4.59. The molecule has 2 atom stereocenters. The number of carbonyl (C=O) groups excluding carboxylic acids is 2. The Hall–Kier alpha value is -0.900. The molecule has 0 aromatic rings. The van der Waals surface area contributed by atoms with Gasteiger partial charge in [-0.05, 0) is 30.1 Å². The first-order valence-corrected chi connectivity index (χ1v) is 7.26. The van der Waals surface area contributed by atoms with Gasteiger partial charge in [-0.1, -0.05) is 12.8 Å². The lowest BCUT2D eigenvalue weighted by Gasteiger charge is -2.38. The molecule has 98 valence electrons. The van der Waals surface area contributed by atoms with Gasteiger partial charge >= 0.3 is 0 Å². The summed E-state index contributed by atoms with van der Waals surface area (Å²) >= 11 is 0. The number of imide groups is 1. The minimum atomic E-state index is 0.0485. The van der Waals surface area contributed by atoms with Gasteiger partial charge in [0.25, 0.3) is 0 Å². The van der Waals surface area contributed by atoms with Crippen LogP contribution < -0.4 is 5.32 Å². The summed E-state index contributed by atoms with van der Waals surface area (Å²) < 4.78 is 0. The lowest BCUT2D eigenvalue weighted by atomic mass is 9.76. The number of hydrogen-bond donors (Lipinski definition) is 1. The lowest BCUT2D eigenvalue weighted by Crippen LogP contribution is -2.50. The minimum Gasteiger partial charge on any atom is -0.316 e. The molecular weight excluding hydrogens is 228 g/mol. The number of nitrogens with zero attached hydrogens (tertiary/aromatic N) is 1. The third-order valence-corrected chi connectivity index (χ3v) is 5.60. The Morgan fingerprint density at radius 3 is 2.11 bits per heavy atom. The predicted molar refractivity (Wildman–Crippen MR) is 65.6 cm³/mol. The number of likely N-dealkylation sites (tertiary alicyclic amines) is 1. The summed E-state index contributed by atoms with van der Waals surface area (Å²) in [4.78, 5) is 26.4. The van der Waals surface area contributed by atoms with Gasteiger partial charge in [0.15, 0.2) is 0 Å². The van der Waals surface area contributed by atoms with E-state index < -0.39 is 0 Å². The van der Waals surface area contributed by atoms with Gasteiger partial charge in [0.1, 0.15) is 0 Å². The number of piperidine rings is 2. The van der Waals surface area contributed by atoms with Crippen LogP contribution in [-0.2, 0) is 9.59 Å². The molecule has 0 aromatic carbocycles. The standard InChI is InChI=1S/C14H20N2O2/c17-11-5-14(3-1-2-4-14)6-12(18)16(11)13-9-7-15-8-10(9)13/h9-10,13,15H,1-8H2.